The van der Waals surface area contributed by atoms with Crippen LogP contribution in [0.15, 0.2) is 75.6 Å². The number of nitrogens with zero attached hydrogens (tertiary/aromatic N) is 1. The van der Waals surface area contributed by atoms with Crippen LogP contribution in [0.5, 0.6) is 0 Å². The van der Waals surface area contributed by atoms with Gasteiger partial charge in [-0.05, 0) is 48.9 Å². The quantitative estimate of drug-likeness (QED) is 0.474. The molecule has 0 fully saturated rings. The highest BCUT2D eigenvalue weighted by Gasteiger charge is 2.15. The van der Waals surface area contributed by atoms with Crippen molar-refractivity contribution in [3.63, 3.8) is 0 Å². The molecule has 0 unspecified atom stereocenters. The van der Waals surface area contributed by atoms with E-state index in [-0.39, 0.29) is 5.91 Å². The zero-order valence-electron chi connectivity index (χ0n) is 14.7. The summed E-state index contributed by atoms with van der Waals surface area (Å²) in [6, 6.07) is 21.1. The van der Waals surface area contributed by atoms with Gasteiger partial charge in [0.15, 0.2) is 5.76 Å². The molecule has 5 heteroatoms. The lowest BCUT2D eigenvalue weighted by Gasteiger charge is -2.10. The number of carbonyl (C=O) groups is 1. The average Bonchev–Trinajstić information content (AvgIpc) is 3.13. The Morgan fingerprint density at radius 3 is 2.59 bits per heavy atom. The Hall–Kier alpha value is -2.92. The van der Waals surface area contributed by atoms with Crippen molar-refractivity contribution < 1.29 is 9.21 Å². The first-order chi connectivity index (χ1) is 13.1. The van der Waals surface area contributed by atoms with Crippen molar-refractivity contribution in [3.8, 4) is 11.5 Å². The van der Waals surface area contributed by atoms with E-state index >= 15 is 0 Å². The lowest BCUT2D eigenvalue weighted by atomic mass is 10.1. The maximum absolute atomic E-state index is 12.9. The lowest BCUT2D eigenvalue weighted by molar-refractivity contribution is 0.0952. The van der Waals surface area contributed by atoms with Crippen LogP contribution in [0.4, 0.5) is 0 Å². The highest BCUT2D eigenvalue weighted by atomic mass is 79.9. The smallest absolute Gasteiger partial charge is 0.252 e. The summed E-state index contributed by atoms with van der Waals surface area (Å²) in [5.41, 5.74) is 3.03. The molecule has 0 radical (unpaired) electrons. The van der Waals surface area contributed by atoms with Crippen LogP contribution in [-0.2, 0) is 6.54 Å². The van der Waals surface area contributed by atoms with E-state index < -0.39 is 0 Å². The number of pyridine rings is 1. The number of benzene rings is 2. The number of amides is 1. The number of carbonyl (C=O) groups excluding carboxylic acids is 1. The summed E-state index contributed by atoms with van der Waals surface area (Å²) in [4.78, 5) is 17.6. The molecule has 0 aliphatic heterocycles. The van der Waals surface area contributed by atoms with Gasteiger partial charge in [-0.3, -0.25) is 4.79 Å². The Morgan fingerprint density at radius 1 is 1.07 bits per heavy atom. The van der Waals surface area contributed by atoms with E-state index in [0.717, 1.165) is 26.7 Å². The molecule has 0 aliphatic carbocycles. The summed E-state index contributed by atoms with van der Waals surface area (Å²) in [5, 5.41) is 3.82. The Morgan fingerprint density at radius 2 is 1.85 bits per heavy atom. The number of aromatic nitrogens is 1. The molecule has 2 aromatic carbocycles. The monoisotopic (exact) mass is 420 g/mol. The number of halogens is 1. The molecule has 1 amide bonds. The van der Waals surface area contributed by atoms with Crippen molar-refractivity contribution in [2.24, 2.45) is 0 Å². The molecule has 0 bridgehead atoms. The van der Waals surface area contributed by atoms with Gasteiger partial charge in [-0.2, -0.15) is 0 Å². The SMILES string of the molecule is Cc1ccc(-c2cc(C(=O)NCc3ccc(Br)cc3)c3ccccc3n2)o1. The first-order valence-corrected chi connectivity index (χ1v) is 9.39. The van der Waals surface area contributed by atoms with Gasteiger partial charge in [0, 0.05) is 16.4 Å². The first kappa shape index (κ1) is 17.5. The molecule has 0 saturated carbocycles. The van der Waals surface area contributed by atoms with Crippen LogP contribution in [0.3, 0.4) is 0 Å². The first-order valence-electron chi connectivity index (χ1n) is 8.59. The van der Waals surface area contributed by atoms with Crippen LogP contribution in [0.1, 0.15) is 21.7 Å². The van der Waals surface area contributed by atoms with Crippen molar-refractivity contribution in [3.05, 3.63) is 88.1 Å². The third-order valence-corrected chi connectivity index (χ3v) is 4.85. The summed E-state index contributed by atoms with van der Waals surface area (Å²) in [6.07, 6.45) is 0. The fourth-order valence-corrected chi connectivity index (χ4v) is 3.21. The number of nitrogens with one attached hydrogen (secondary N) is 1. The molecule has 0 atom stereocenters. The molecular weight excluding hydrogens is 404 g/mol. The molecule has 4 nitrogen and oxygen atoms in total. The van der Waals surface area contributed by atoms with Crippen LogP contribution in [-0.4, -0.2) is 10.9 Å². The number of aryl methyl sites for hydroxylation is 1. The minimum atomic E-state index is -0.138. The maximum Gasteiger partial charge on any atom is 0.252 e. The molecule has 0 saturated heterocycles. The van der Waals surface area contributed by atoms with Gasteiger partial charge in [-0.15, -0.1) is 0 Å². The van der Waals surface area contributed by atoms with Gasteiger partial charge in [0.25, 0.3) is 5.91 Å². The van der Waals surface area contributed by atoms with Crippen LogP contribution in [0.2, 0.25) is 0 Å². The number of hydrogen-bond acceptors (Lipinski definition) is 3. The van der Waals surface area contributed by atoms with E-state index in [0.29, 0.717) is 23.6 Å². The van der Waals surface area contributed by atoms with Crippen LogP contribution < -0.4 is 5.32 Å². The van der Waals surface area contributed by atoms with Crippen LogP contribution in [0, 0.1) is 6.92 Å². The van der Waals surface area contributed by atoms with Gasteiger partial charge in [0.2, 0.25) is 0 Å². The van der Waals surface area contributed by atoms with Gasteiger partial charge in [-0.1, -0.05) is 46.3 Å². The standard InChI is InChI=1S/C22H17BrN2O2/c1-14-6-11-21(27-14)20-12-18(17-4-2-3-5-19(17)25-20)22(26)24-13-15-7-9-16(23)10-8-15/h2-12H,13H2,1H3,(H,24,26). The van der Waals surface area contributed by atoms with Gasteiger partial charge >= 0.3 is 0 Å². The third-order valence-electron chi connectivity index (χ3n) is 4.32. The average molecular weight is 421 g/mol. The minimum absolute atomic E-state index is 0.138. The van der Waals surface area contributed by atoms with E-state index in [2.05, 4.69) is 26.2 Å². The molecular formula is C22H17BrN2O2. The predicted molar refractivity (Wildman–Crippen MR) is 109 cm³/mol. The molecule has 4 rings (SSSR count). The highest BCUT2D eigenvalue weighted by molar-refractivity contribution is 9.10. The number of rotatable bonds is 4. The summed E-state index contributed by atoms with van der Waals surface area (Å²) in [6.45, 7) is 2.34. The van der Waals surface area contributed by atoms with Crippen molar-refractivity contribution >= 4 is 32.7 Å². The Bertz CT molecular complexity index is 1120. The second kappa shape index (κ2) is 7.37. The molecule has 4 aromatic rings. The van der Waals surface area contributed by atoms with Crippen molar-refractivity contribution in [2.75, 3.05) is 0 Å². The summed E-state index contributed by atoms with van der Waals surface area (Å²) in [5.74, 6) is 1.32. The van der Waals surface area contributed by atoms with Crippen molar-refractivity contribution in [1.29, 1.82) is 0 Å². The molecule has 2 heterocycles. The summed E-state index contributed by atoms with van der Waals surface area (Å²) in [7, 11) is 0. The maximum atomic E-state index is 12.9. The predicted octanol–water partition coefficient (Wildman–Crippen LogP) is 5.50. The van der Waals surface area contributed by atoms with Crippen molar-refractivity contribution in [2.45, 2.75) is 13.5 Å². The van der Waals surface area contributed by atoms with E-state index in [1.807, 2.05) is 67.6 Å². The molecule has 134 valence electrons. The van der Waals surface area contributed by atoms with Gasteiger partial charge in [-0.25, -0.2) is 4.98 Å². The van der Waals surface area contributed by atoms with E-state index in [1.165, 1.54) is 0 Å². The van der Waals surface area contributed by atoms with Crippen LogP contribution >= 0.6 is 15.9 Å². The number of fused-ring (bicyclic) bond motifs is 1. The van der Waals surface area contributed by atoms with Gasteiger partial charge in [0.05, 0.1) is 11.1 Å². The normalized spacial score (nSPS) is 10.9. The topological polar surface area (TPSA) is 55.1 Å². The summed E-state index contributed by atoms with van der Waals surface area (Å²) >= 11 is 3.42. The molecule has 0 spiro atoms. The minimum Gasteiger partial charge on any atom is -0.460 e. The van der Waals surface area contributed by atoms with E-state index in [1.54, 1.807) is 6.07 Å². The fraction of sp³-hybridized carbons (Fsp3) is 0.0909. The molecule has 27 heavy (non-hydrogen) atoms. The summed E-state index contributed by atoms with van der Waals surface area (Å²) < 4.78 is 6.71. The Kier molecular flexibility index (Phi) is 4.77. The second-order valence-corrected chi connectivity index (χ2v) is 7.21. The zero-order valence-corrected chi connectivity index (χ0v) is 16.3. The Balaban J connectivity index is 1.68. The lowest BCUT2D eigenvalue weighted by Crippen LogP contribution is -2.23. The molecule has 2 aromatic heterocycles. The van der Waals surface area contributed by atoms with E-state index in [4.69, 9.17) is 4.42 Å². The van der Waals surface area contributed by atoms with Crippen molar-refractivity contribution in [1.82, 2.24) is 10.3 Å². The fourth-order valence-electron chi connectivity index (χ4n) is 2.94. The van der Waals surface area contributed by atoms with Gasteiger partial charge < -0.3 is 9.73 Å². The van der Waals surface area contributed by atoms with E-state index in [9.17, 15) is 4.79 Å². The second-order valence-electron chi connectivity index (χ2n) is 6.29. The number of para-hydroxylation sites is 1. The van der Waals surface area contributed by atoms with Crippen LogP contribution in [0.25, 0.3) is 22.4 Å². The highest BCUT2D eigenvalue weighted by Crippen LogP contribution is 2.26. The third kappa shape index (κ3) is 3.78. The molecule has 1 N–H and O–H groups in total. The Labute approximate surface area is 165 Å². The van der Waals surface area contributed by atoms with Gasteiger partial charge in [0.1, 0.15) is 11.5 Å². The zero-order chi connectivity index (χ0) is 18.8. The number of furan rings is 1. The largest absolute Gasteiger partial charge is 0.460 e. The number of hydrogen-bond donors (Lipinski definition) is 1. The molecule has 0 aliphatic rings.